The van der Waals surface area contributed by atoms with Crippen molar-refractivity contribution in [1.82, 2.24) is 0 Å². The van der Waals surface area contributed by atoms with Crippen LogP contribution in [0.2, 0.25) is 5.28 Å². The van der Waals surface area contributed by atoms with Crippen molar-refractivity contribution < 1.29 is 8.58 Å². The second-order valence-corrected chi connectivity index (χ2v) is 4.30. The zero-order valence-corrected chi connectivity index (χ0v) is 5.95. The van der Waals surface area contributed by atoms with Crippen LogP contribution in [0.4, 0.5) is 0 Å². The van der Waals surface area contributed by atoms with Crippen LogP contribution in [-0.2, 0) is 8.58 Å². The van der Waals surface area contributed by atoms with Gasteiger partial charge >= 0.3 is 14.5 Å². The zero-order chi connectivity index (χ0) is 5.82. The van der Waals surface area contributed by atoms with E-state index in [2.05, 4.69) is 0 Å². The molecule has 0 spiro atoms. The van der Waals surface area contributed by atoms with E-state index in [1.54, 1.807) is 0 Å². The van der Waals surface area contributed by atoms with Crippen molar-refractivity contribution in [2.75, 3.05) is 6.61 Å². The third kappa shape index (κ3) is 1.59. The highest BCUT2D eigenvalue weighted by atomic mass is 27.2. The van der Waals surface area contributed by atoms with Gasteiger partial charge in [-0.1, -0.05) is 11.7 Å². The number of rotatable bonds is 1. The second kappa shape index (κ2) is 3.24. The molecule has 0 bridgehead atoms. The summed E-state index contributed by atoms with van der Waals surface area (Å²) in [7, 11) is 0. The van der Waals surface area contributed by atoms with Gasteiger partial charge in [0.15, 0.2) is 0 Å². The molecule has 0 radical (unpaired) electrons. The van der Waals surface area contributed by atoms with Gasteiger partial charge in [0.2, 0.25) is 0 Å². The molecule has 1 heterocycles. The van der Waals surface area contributed by atoms with E-state index in [0.29, 0.717) is 0 Å². The van der Waals surface area contributed by atoms with Crippen molar-refractivity contribution in [2.45, 2.75) is 18.1 Å². The quantitative estimate of drug-likeness (QED) is 0.381. The van der Waals surface area contributed by atoms with E-state index in [0.717, 1.165) is 23.5 Å². The summed E-state index contributed by atoms with van der Waals surface area (Å²) in [6.45, 7) is 0.829. The van der Waals surface area contributed by atoms with Crippen molar-refractivity contribution in [1.29, 1.82) is 0 Å². The lowest BCUT2D eigenvalue weighted by Gasteiger charge is -2.12. The van der Waals surface area contributed by atoms with Gasteiger partial charge < -0.3 is 8.58 Å². The highest BCUT2D eigenvalue weighted by Gasteiger charge is 2.22. The van der Waals surface area contributed by atoms with E-state index in [1.807, 2.05) is 0 Å². The summed E-state index contributed by atoms with van der Waals surface area (Å²) in [5, 5.41) is 2.09. The lowest BCUT2D eigenvalue weighted by atomic mass is 10.4. The molecule has 0 aliphatic carbocycles. The number of carbonyl (C=O) groups is 1. The maximum Gasteiger partial charge on any atom is 0.545 e. The topological polar surface area (TPSA) is 26.3 Å². The Kier molecular flexibility index (Phi) is 2.55. The fraction of sp³-hybridized carbons (Fsp3) is 0.800. The lowest BCUT2D eigenvalue weighted by molar-refractivity contribution is 0.295. The lowest BCUT2D eigenvalue weighted by Crippen LogP contribution is -2.24. The van der Waals surface area contributed by atoms with Crippen LogP contribution in [0.1, 0.15) is 12.8 Å². The highest BCUT2D eigenvalue weighted by Crippen LogP contribution is 2.07. The van der Waals surface area contributed by atoms with E-state index < -0.39 is 14.5 Å². The summed E-state index contributed by atoms with van der Waals surface area (Å²) in [4.78, 5) is 10.1. The molecule has 0 aromatic heterocycles. The van der Waals surface area contributed by atoms with Crippen LogP contribution in [-0.4, -0.2) is 26.2 Å². The molecular formula is C5H9AlO2. The molecule has 1 aliphatic heterocycles. The summed E-state index contributed by atoms with van der Waals surface area (Å²) in [5.74, 6) is 0. The van der Waals surface area contributed by atoms with Gasteiger partial charge in [-0.3, -0.25) is 0 Å². The van der Waals surface area contributed by atoms with Gasteiger partial charge in [0, 0.05) is 6.61 Å². The van der Waals surface area contributed by atoms with Gasteiger partial charge in [-0.2, -0.15) is 0 Å². The molecule has 1 aliphatic rings. The predicted octanol–water partition coefficient (Wildman–Crippen LogP) is 0.560. The Morgan fingerprint density at radius 3 is 2.75 bits per heavy atom. The van der Waals surface area contributed by atoms with Crippen molar-refractivity contribution in [3.05, 3.63) is 0 Å². The van der Waals surface area contributed by atoms with E-state index in [1.165, 1.54) is 6.42 Å². The maximum absolute atomic E-state index is 10.1. The van der Waals surface area contributed by atoms with Crippen LogP contribution < -0.4 is 0 Å². The van der Waals surface area contributed by atoms with Crippen molar-refractivity contribution >= 4 is 19.6 Å². The first kappa shape index (κ1) is 6.28. The van der Waals surface area contributed by atoms with E-state index >= 15 is 0 Å². The molecule has 1 fully saturated rings. The molecule has 0 amide bonds. The fourth-order valence-corrected chi connectivity index (χ4v) is 2.41. The average Bonchev–Trinajstić information content (AvgIpc) is 1.90. The molecule has 1 rings (SSSR count). The molecule has 0 N–H and O–H groups in total. The van der Waals surface area contributed by atoms with Crippen LogP contribution >= 0.6 is 0 Å². The first-order valence-corrected chi connectivity index (χ1v) is 4.96. The summed E-state index contributed by atoms with van der Waals surface area (Å²) in [6, 6.07) is 0. The second-order valence-electron chi connectivity index (χ2n) is 2.04. The molecular weight excluding hydrogens is 119 g/mol. The van der Waals surface area contributed by atoms with E-state index in [4.69, 9.17) is 3.79 Å². The minimum atomic E-state index is -1.29. The highest BCUT2D eigenvalue weighted by molar-refractivity contribution is 6.79. The normalized spacial score (nSPS) is 20.8. The molecule has 0 aromatic carbocycles. The third-order valence-corrected chi connectivity index (χ3v) is 3.31. The molecule has 0 atom stereocenters. The fourth-order valence-electron chi connectivity index (χ4n) is 0.873. The minimum absolute atomic E-state index is 0.829. The van der Waals surface area contributed by atoms with Crippen LogP contribution in [0.15, 0.2) is 0 Å². The Balaban J connectivity index is 2.22. The summed E-state index contributed by atoms with van der Waals surface area (Å²) < 4.78 is 5.20. The summed E-state index contributed by atoms with van der Waals surface area (Å²) >= 11 is -1.29. The van der Waals surface area contributed by atoms with Gasteiger partial charge in [0.25, 0.3) is 0 Å². The minimum Gasteiger partial charge on any atom is -0.496 e. The number of carbonyl (C=O) groups excluding carboxylic acids is 1. The molecule has 1 saturated heterocycles. The molecule has 44 valence electrons. The van der Waals surface area contributed by atoms with Gasteiger partial charge in [-0.05, 0) is 6.42 Å². The molecule has 0 unspecified atom stereocenters. The van der Waals surface area contributed by atoms with Crippen LogP contribution in [0.5, 0.6) is 0 Å². The smallest absolute Gasteiger partial charge is 0.496 e. The van der Waals surface area contributed by atoms with Crippen LogP contribution in [0.25, 0.3) is 0 Å². The molecule has 0 aromatic rings. The Labute approximate surface area is 53.6 Å². The first-order valence-electron chi connectivity index (χ1n) is 3.00. The van der Waals surface area contributed by atoms with Crippen LogP contribution in [0, 0.1) is 0 Å². The van der Waals surface area contributed by atoms with E-state index in [-0.39, 0.29) is 0 Å². The third-order valence-electron chi connectivity index (χ3n) is 1.37. The average molecular weight is 128 g/mol. The monoisotopic (exact) mass is 128 g/mol. The molecule has 0 saturated carbocycles. The Morgan fingerprint density at radius 1 is 1.50 bits per heavy atom. The number of hydrogen-bond acceptors (Lipinski definition) is 2. The summed E-state index contributed by atoms with van der Waals surface area (Å²) in [6.07, 6.45) is 2.35. The molecule has 8 heavy (non-hydrogen) atoms. The predicted molar refractivity (Wildman–Crippen MR) is 32.5 cm³/mol. The standard InChI is InChI=1S/C4H8O.CHO.Al/c1-2-3-4-5;1-2;/h1-4H2;1H;/q-1;;+1. The summed E-state index contributed by atoms with van der Waals surface area (Å²) in [5.41, 5.74) is 0. The van der Waals surface area contributed by atoms with Crippen LogP contribution in [0.3, 0.4) is 0 Å². The first-order chi connectivity index (χ1) is 3.93. The van der Waals surface area contributed by atoms with E-state index in [9.17, 15) is 4.79 Å². The van der Waals surface area contributed by atoms with Crippen molar-refractivity contribution in [3.63, 3.8) is 0 Å². The SMILES string of the molecule is O=[CH][Al]1[CH2]CCC[O]1. The Hall–Kier alpha value is 0.162. The zero-order valence-electron chi connectivity index (χ0n) is 4.80. The van der Waals surface area contributed by atoms with Gasteiger partial charge in [0.1, 0.15) is 0 Å². The Morgan fingerprint density at radius 2 is 2.38 bits per heavy atom. The van der Waals surface area contributed by atoms with Gasteiger partial charge in [-0.15, -0.1) is 0 Å². The molecule has 2 nitrogen and oxygen atoms in total. The van der Waals surface area contributed by atoms with Crippen molar-refractivity contribution in [3.8, 4) is 0 Å². The maximum atomic E-state index is 10.1. The largest absolute Gasteiger partial charge is 0.545 e. The molecule has 3 heteroatoms. The van der Waals surface area contributed by atoms with Gasteiger partial charge in [-0.25, -0.2) is 0 Å². The Bertz CT molecular complexity index is 78.5. The number of hydrogen-bond donors (Lipinski definition) is 0. The van der Waals surface area contributed by atoms with Gasteiger partial charge in [0.05, 0.1) is 5.15 Å². The van der Waals surface area contributed by atoms with Crippen molar-refractivity contribution in [2.24, 2.45) is 0 Å².